The van der Waals surface area contributed by atoms with Crippen molar-refractivity contribution in [2.45, 2.75) is 38.6 Å². The predicted molar refractivity (Wildman–Crippen MR) is 82.6 cm³/mol. The van der Waals surface area contributed by atoms with Gasteiger partial charge in [-0.15, -0.1) is 0 Å². The quantitative estimate of drug-likeness (QED) is 0.898. The highest BCUT2D eigenvalue weighted by Crippen LogP contribution is 2.25. The van der Waals surface area contributed by atoms with Gasteiger partial charge in [-0.2, -0.15) is 0 Å². The van der Waals surface area contributed by atoms with E-state index in [4.69, 9.17) is 4.74 Å². The van der Waals surface area contributed by atoms with Crippen LogP contribution in [0.5, 0.6) is 5.75 Å². The first-order chi connectivity index (χ1) is 10.2. The van der Waals surface area contributed by atoms with Gasteiger partial charge in [0.1, 0.15) is 5.75 Å². The molecular formula is C17H24N2O2. The summed E-state index contributed by atoms with van der Waals surface area (Å²) in [7, 11) is 0. The molecule has 1 aromatic carbocycles. The first-order valence-corrected chi connectivity index (χ1v) is 8.01. The number of nitrogens with zero attached hydrogens (tertiary/aromatic N) is 1. The Morgan fingerprint density at radius 3 is 3.00 bits per heavy atom. The lowest BCUT2D eigenvalue weighted by molar-refractivity contribution is -0.131. The molecule has 2 aliphatic heterocycles. The van der Waals surface area contributed by atoms with Crippen molar-refractivity contribution in [3.63, 3.8) is 0 Å². The van der Waals surface area contributed by atoms with Gasteiger partial charge in [0.25, 0.3) is 0 Å². The zero-order valence-electron chi connectivity index (χ0n) is 12.7. The second-order valence-corrected chi connectivity index (χ2v) is 6.00. The molecule has 0 radical (unpaired) electrons. The standard InChI is InChI=1S/C17H24N2O2/c1-13(17(20)19-9-2-3-10-19)18-8-6-14-4-5-16-15(12-14)7-11-21-16/h4-5,12-13,18H,2-3,6-11H2,1H3. The summed E-state index contributed by atoms with van der Waals surface area (Å²) in [5, 5.41) is 3.35. The normalized spacial score (nSPS) is 18.4. The summed E-state index contributed by atoms with van der Waals surface area (Å²) in [6, 6.07) is 6.34. The molecule has 1 unspecified atom stereocenters. The number of hydrogen-bond acceptors (Lipinski definition) is 3. The van der Waals surface area contributed by atoms with E-state index in [0.717, 1.165) is 57.7 Å². The molecule has 1 aromatic rings. The van der Waals surface area contributed by atoms with Gasteiger partial charge >= 0.3 is 0 Å². The van der Waals surface area contributed by atoms with E-state index in [1.807, 2.05) is 11.8 Å². The molecule has 114 valence electrons. The maximum atomic E-state index is 12.2. The van der Waals surface area contributed by atoms with Gasteiger partial charge in [0, 0.05) is 19.5 Å². The Morgan fingerprint density at radius 1 is 1.38 bits per heavy atom. The third kappa shape index (κ3) is 3.38. The number of rotatable bonds is 5. The minimum atomic E-state index is -0.0825. The number of nitrogens with one attached hydrogen (secondary N) is 1. The minimum Gasteiger partial charge on any atom is -0.493 e. The highest BCUT2D eigenvalue weighted by atomic mass is 16.5. The Hall–Kier alpha value is -1.55. The predicted octanol–water partition coefficient (Wildman–Crippen LogP) is 1.76. The van der Waals surface area contributed by atoms with E-state index in [1.165, 1.54) is 11.1 Å². The van der Waals surface area contributed by atoms with Gasteiger partial charge in [0.2, 0.25) is 5.91 Å². The van der Waals surface area contributed by atoms with Gasteiger partial charge in [-0.25, -0.2) is 0 Å². The zero-order chi connectivity index (χ0) is 14.7. The molecular weight excluding hydrogens is 264 g/mol. The molecule has 0 aromatic heterocycles. The minimum absolute atomic E-state index is 0.0825. The van der Waals surface area contributed by atoms with Crippen LogP contribution < -0.4 is 10.1 Å². The largest absolute Gasteiger partial charge is 0.493 e. The first-order valence-electron chi connectivity index (χ1n) is 8.01. The summed E-state index contributed by atoms with van der Waals surface area (Å²) >= 11 is 0. The van der Waals surface area contributed by atoms with Gasteiger partial charge in [-0.05, 0) is 49.9 Å². The lowest BCUT2D eigenvalue weighted by Crippen LogP contribution is -2.44. The first kappa shape index (κ1) is 14.4. The van der Waals surface area contributed by atoms with Crippen LogP contribution >= 0.6 is 0 Å². The maximum absolute atomic E-state index is 12.2. The van der Waals surface area contributed by atoms with Crippen LogP contribution in [0.3, 0.4) is 0 Å². The van der Waals surface area contributed by atoms with Crippen LogP contribution in [-0.4, -0.2) is 43.1 Å². The van der Waals surface area contributed by atoms with Gasteiger partial charge in [-0.1, -0.05) is 12.1 Å². The number of carbonyl (C=O) groups excluding carboxylic acids is 1. The third-order valence-electron chi connectivity index (χ3n) is 4.41. The second-order valence-electron chi connectivity index (χ2n) is 6.00. The molecule has 21 heavy (non-hydrogen) atoms. The van der Waals surface area contributed by atoms with Crippen molar-refractivity contribution in [2.24, 2.45) is 0 Å². The molecule has 4 nitrogen and oxygen atoms in total. The van der Waals surface area contributed by atoms with E-state index in [2.05, 4.69) is 23.5 Å². The number of likely N-dealkylation sites (tertiary alicyclic amines) is 1. The van der Waals surface area contributed by atoms with Crippen LogP contribution in [0.25, 0.3) is 0 Å². The fourth-order valence-corrected chi connectivity index (χ4v) is 3.13. The van der Waals surface area contributed by atoms with E-state index in [0.29, 0.717) is 0 Å². The summed E-state index contributed by atoms with van der Waals surface area (Å²) in [4.78, 5) is 14.2. The SMILES string of the molecule is CC(NCCc1ccc2c(c1)CCO2)C(=O)N1CCCC1. The van der Waals surface area contributed by atoms with Crippen LogP contribution in [0.4, 0.5) is 0 Å². The number of ether oxygens (including phenoxy) is 1. The lowest BCUT2D eigenvalue weighted by atomic mass is 10.1. The number of fused-ring (bicyclic) bond motifs is 1. The fraction of sp³-hybridized carbons (Fsp3) is 0.588. The van der Waals surface area contributed by atoms with Crippen molar-refractivity contribution in [1.82, 2.24) is 10.2 Å². The van der Waals surface area contributed by atoms with Crippen molar-refractivity contribution in [2.75, 3.05) is 26.2 Å². The molecule has 0 spiro atoms. The molecule has 1 N–H and O–H groups in total. The Balaban J connectivity index is 1.46. The van der Waals surface area contributed by atoms with Crippen LogP contribution in [0, 0.1) is 0 Å². The zero-order valence-corrected chi connectivity index (χ0v) is 12.7. The van der Waals surface area contributed by atoms with E-state index in [-0.39, 0.29) is 11.9 Å². The Bertz CT molecular complexity index is 510. The van der Waals surface area contributed by atoms with Crippen LogP contribution in [0.2, 0.25) is 0 Å². The molecule has 1 fully saturated rings. The molecule has 0 saturated carbocycles. The fourth-order valence-electron chi connectivity index (χ4n) is 3.13. The molecule has 1 amide bonds. The smallest absolute Gasteiger partial charge is 0.239 e. The molecule has 1 saturated heterocycles. The van der Waals surface area contributed by atoms with Crippen LogP contribution in [-0.2, 0) is 17.6 Å². The average Bonchev–Trinajstić information content (AvgIpc) is 3.17. The molecule has 0 aliphatic carbocycles. The van der Waals surface area contributed by atoms with Crippen LogP contribution in [0.1, 0.15) is 30.9 Å². The Morgan fingerprint density at radius 2 is 2.19 bits per heavy atom. The number of carbonyl (C=O) groups is 1. The topological polar surface area (TPSA) is 41.6 Å². The van der Waals surface area contributed by atoms with Crippen molar-refractivity contribution >= 4 is 5.91 Å². The van der Waals surface area contributed by atoms with Gasteiger partial charge in [-0.3, -0.25) is 4.79 Å². The molecule has 3 rings (SSSR count). The van der Waals surface area contributed by atoms with E-state index >= 15 is 0 Å². The highest BCUT2D eigenvalue weighted by molar-refractivity contribution is 5.81. The average molecular weight is 288 g/mol. The lowest BCUT2D eigenvalue weighted by Gasteiger charge is -2.21. The van der Waals surface area contributed by atoms with Gasteiger partial charge < -0.3 is 15.0 Å². The monoisotopic (exact) mass is 288 g/mol. The Kier molecular flexibility index (Phi) is 4.44. The van der Waals surface area contributed by atoms with Crippen LogP contribution in [0.15, 0.2) is 18.2 Å². The number of amides is 1. The van der Waals surface area contributed by atoms with Crippen molar-refractivity contribution < 1.29 is 9.53 Å². The van der Waals surface area contributed by atoms with E-state index < -0.39 is 0 Å². The maximum Gasteiger partial charge on any atom is 0.239 e. The molecule has 2 aliphatic rings. The molecule has 2 heterocycles. The van der Waals surface area contributed by atoms with Gasteiger partial charge in [0.15, 0.2) is 0 Å². The van der Waals surface area contributed by atoms with Crippen molar-refractivity contribution in [3.05, 3.63) is 29.3 Å². The number of hydrogen-bond donors (Lipinski definition) is 1. The highest BCUT2D eigenvalue weighted by Gasteiger charge is 2.22. The van der Waals surface area contributed by atoms with Crippen molar-refractivity contribution in [1.29, 1.82) is 0 Å². The summed E-state index contributed by atoms with van der Waals surface area (Å²) in [6.07, 6.45) is 4.26. The van der Waals surface area contributed by atoms with Gasteiger partial charge in [0.05, 0.1) is 12.6 Å². The Labute approximate surface area is 126 Å². The summed E-state index contributed by atoms with van der Waals surface area (Å²) < 4.78 is 5.52. The summed E-state index contributed by atoms with van der Waals surface area (Å²) in [5.41, 5.74) is 2.63. The summed E-state index contributed by atoms with van der Waals surface area (Å²) in [5.74, 6) is 1.28. The molecule has 0 bridgehead atoms. The molecule has 4 heteroatoms. The third-order valence-corrected chi connectivity index (χ3v) is 4.41. The van der Waals surface area contributed by atoms with E-state index in [1.54, 1.807) is 0 Å². The number of benzene rings is 1. The second kappa shape index (κ2) is 6.48. The van der Waals surface area contributed by atoms with E-state index in [9.17, 15) is 4.79 Å². The van der Waals surface area contributed by atoms with Crippen molar-refractivity contribution in [3.8, 4) is 5.75 Å². The molecule has 1 atom stereocenters. The summed E-state index contributed by atoms with van der Waals surface area (Å²) in [6.45, 7) is 5.46.